The van der Waals surface area contributed by atoms with Gasteiger partial charge in [-0.25, -0.2) is 0 Å². The lowest BCUT2D eigenvalue weighted by molar-refractivity contribution is -0.122. The number of benzene rings is 1. The molecule has 1 rings (SSSR count). The van der Waals surface area contributed by atoms with Crippen LogP contribution in [0.2, 0.25) is 0 Å². The molecule has 0 radical (unpaired) electrons. The largest absolute Gasteiger partial charge is 0.355 e. The second kappa shape index (κ2) is 9.94. The quantitative estimate of drug-likeness (QED) is 0.602. The molecule has 2 amide bonds. The summed E-state index contributed by atoms with van der Waals surface area (Å²) >= 11 is 0. The Morgan fingerprint density at radius 3 is 2.43 bits per heavy atom. The van der Waals surface area contributed by atoms with Gasteiger partial charge in [0, 0.05) is 20.0 Å². The first-order chi connectivity index (χ1) is 10.1. The van der Waals surface area contributed by atoms with Crippen molar-refractivity contribution in [1.82, 2.24) is 16.0 Å². The maximum absolute atomic E-state index is 12.0. The summed E-state index contributed by atoms with van der Waals surface area (Å²) < 4.78 is 0. The van der Waals surface area contributed by atoms with Crippen molar-refractivity contribution in [2.45, 2.75) is 32.7 Å². The van der Waals surface area contributed by atoms with E-state index in [0.717, 1.165) is 25.1 Å². The van der Waals surface area contributed by atoms with Crippen molar-refractivity contribution in [1.29, 1.82) is 0 Å². The van der Waals surface area contributed by atoms with E-state index in [9.17, 15) is 9.59 Å². The van der Waals surface area contributed by atoms with Crippen LogP contribution in [0.25, 0.3) is 0 Å². The predicted molar refractivity (Wildman–Crippen MR) is 83.8 cm³/mol. The number of hydrogen-bond donors (Lipinski definition) is 3. The Bertz CT molecular complexity index is 434. The molecule has 5 nitrogen and oxygen atoms in total. The van der Waals surface area contributed by atoms with Crippen molar-refractivity contribution >= 4 is 11.8 Å². The van der Waals surface area contributed by atoms with E-state index in [0.29, 0.717) is 6.54 Å². The van der Waals surface area contributed by atoms with Gasteiger partial charge < -0.3 is 16.0 Å². The van der Waals surface area contributed by atoms with E-state index in [1.807, 2.05) is 30.3 Å². The molecule has 0 saturated heterocycles. The molecule has 116 valence electrons. The number of amides is 2. The summed E-state index contributed by atoms with van der Waals surface area (Å²) in [5.41, 5.74) is 0.937. The molecule has 0 heterocycles. The SMILES string of the molecule is CCCNCCNC(=O)CC(NC(C)=O)c1ccccc1. The molecule has 3 N–H and O–H groups in total. The highest BCUT2D eigenvalue weighted by Crippen LogP contribution is 2.16. The Hall–Kier alpha value is -1.88. The average molecular weight is 291 g/mol. The smallest absolute Gasteiger partial charge is 0.222 e. The van der Waals surface area contributed by atoms with E-state index >= 15 is 0 Å². The third-order valence-electron chi connectivity index (χ3n) is 3.02. The Labute approximate surface area is 126 Å². The Kier molecular flexibility index (Phi) is 8.12. The van der Waals surface area contributed by atoms with Crippen LogP contribution in [0.5, 0.6) is 0 Å². The molecule has 0 aromatic heterocycles. The molecule has 1 unspecified atom stereocenters. The molecular weight excluding hydrogens is 266 g/mol. The number of rotatable bonds is 9. The third kappa shape index (κ3) is 7.46. The van der Waals surface area contributed by atoms with Crippen LogP contribution in [0.4, 0.5) is 0 Å². The summed E-state index contributed by atoms with van der Waals surface area (Å²) in [6.07, 6.45) is 1.32. The van der Waals surface area contributed by atoms with Crippen molar-refractivity contribution in [3.8, 4) is 0 Å². The highest BCUT2D eigenvalue weighted by Gasteiger charge is 2.16. The zero-order chi connectivity index (χ0) is 15.5. The molecule has 0 saturated carbocycles. The monoisotopic (exact) mass is 291 g/mol. The number of carbonyl (C=O) groups is 2. The van der Waals surface area contributed by atoms with E-state index in [2.05, 4.69) is 22.9 Å². The van der Waals surface area contributed by atoms with Crippen molar-refractivity contribution in [3.05, 3.63) is 35.9 Å². The topological polar surface area (TPSA) is 70.2 Å². The molecule has 1 atom stereocenters. The minimum Gasteiger partial charge on any atom is -0.355 e. The van der Waals surface area contributed by atoms with Gasteiger partial charge in [0.1, 0.15) is 0 Å². The lowest BCUT2D eigenvalue weighted by Crippen LogP contribution is -2.35. The second-order valence-corrected chi connectivity index (χ2v) is 4.97. The van der Waals surface area contributed by atoms with Gasteiger partial charge in [0.2, 0.25) is 11.8 Å². The maximum Gasteiger partial charge on any atom is 0.222 e. The first-order valence-corrected chi connectivity index (χ1v) is 7.43. The van der Waals surface area contributed by atoms with Crippen molar-refractivity contribution in [3.63, 3.8) is 0 Å². The summed E-state index contributed by atoms with van der Waals surface area (Å²) in [7, 11) is 0. The summed E-state index contributed by atoms with van der Waals surface area (Å²) in [6, 6.07) is 9.25. The van der Waals surface area contributed by atoms with Gasteiger partial charge in [0.05, 0.1) is 12.5 Å². The number of nitrogens with one attached hydrogen (secondary N) is 3. The van der Waals surface area contributed by atoms with Gasteiger partial charge in [0.15, 0.2) is 0 Å². The molecular formula is C16H25N3O2. The van der Waals surface area contributed by atoms with Crippen LogP contribution < -0.4 is 16.0 Å². The highest BCUT2D eigenvalue weighted by atomic mass is 16.2. The molecule has 0 spiro atoms. The molecule has 0 aliphatic rings. The molecule has 21 heavy (non-hydrogen) atoms. The van der Waals surface area contributed by atoms with Gasteiger partial charge in [-0.2, -0.15) is 0 Å². The predicted octanol–water partition coefficient (Wildman–Crippen LogP) is 1.37. The summed E-state index contributed by atoms with van der Waals surface area (Å²) in [5, 5.41) is 8.91. The molecule has 0 aliphatic heterocycles. The fourth-order valence-corrected chi connectivity index (χ4v) is 2.03. The van der Waals surface area contributed by atoms with Gasteiger partial charge in [-0.15, -0.1) is 0 Å². The Balaban J connectivity index is 2.45. The van der Waals surface area contributed by atoms with E-state index in [1.165, 1.54) is 6.92 Å². The van der Waals surface area contributed by atoms with Crippen LogP contribution >= 0.6 is 0 Å². The molecule has 0 aliphatic carbocycles. The fraction of sp³-hybridized carbons (Fsp3) is 0.500. The fourth-order valence-electron chi connectivity index (χ4n) is 2.03. The maximum atomic E-state index is 12.0. The minimum absolute atomic E-state index is 0.0594. The molecule has 5 heteroatoms. The van der Waals surface area contributed by atoms with E-state index < -0.39 is 0 Å². The molecule has 1 aromatic rings. The van der Waals surface area contributed by atoms with Gasteiger partial charge in [0.25, 0.3) is 0 Å². The van der Waals surface area contributed by atoms with Crippen molar-refractivity contribution < 1.29 is 9.59 Å². The zero-order valence-corrected chi connectivity index (χ0v) is 12.8. The summed E-state index contributed by atoms with van der Waals surface area (Å²) in [5.74, 6) is -0.197. The van der Waals surface area contributed by atoms with E-state index in [1.54, 1.807) is 0 Å². The standard InChI is InChI=1S/C16H25N3O2/c1-3-9-17-10-11-18-16(21)12-15(19-13(2)20)14-7-5-4-6-8-14/h4-8,15,17H,3,9-12H2,1-2H3,(H,18,21)(H,19,20). The van der Waals surface area contributed by atoms with Crippen LogP contribution in [0.1, 0.15) is 38.3 Å². The van der Waals surface area contributed by atoms with Crippen LogP contribution in [-0.4, -0.2) is 31.4 Å². The third-order valence-corrected chi connectivity index (χ3v) is 3.02. The van der Waals surface area contributed by atoms with E-state index in [4.69, 9.17) is 0 Å². The molecule has 0 fully saturated rings. The van der Waals surface area contributed by atoms with Gasteiger partial charge in [-0.1, -0.05) is 37.3 Å². The molecule has 1 aromatic carbocycles. The Morgan fingerprint density at radius 1 is 1.10 bits per heavy atom. The van der Waals surface area contributed by atoms with Crippen molar-refractivity contribution in [2.24, 2.45) is 0 Å². The average Bonchev–Trinajstić information content (AvgIpc) is 2.47. The van der Waals surface area contributed by atoms with Gasteiger partial charge in [-0.3, -0.25) is 9.59 Å². The minimum atomic E-state index is -0.285. The normalized spacial score (nSPS) is 11.7. The number of hydrogen-bond acceptors (Lipinski definition) is 3. The first-order valence-electron chi connectivity index (χ1n) is 7.43. The van der Waals surface area contributed by atoms with Crippen LogP contribution in [0.15, 0.2) is 30.3 Å². The molecule has 0 bridgehead atoms. The zero-order valence-electron chi connectivity index (χ0n) is 12.8. The summed E-state index contributed by atoms with van der Waals surface area (Å²) in [4.78, 5) is 23.2. The first kappa shape index (κ1) is 17.2. The van der Waals surface area contributed by atoms with E-state index in [-0.39, 0.29) is 24.3 Å². The van der Waals surface area contributed by atoms with Crippen LogP contribution in [0, 0.1) is 0 Å². The second-order valence-electron chi connectivity index (χ2n) is 4.97. The Morgan fingerprint density at radius 2 is 1.81 bits per heavy atom. The lowest BCUT2D eigenvalue weighted by atomic mass is 10.0. The number of carbonyl (C=O) groups excluding carboxylic acids is 2. The summed E-state index contributed by atoms with van der Waals surface area (Å²) in [6.45, 7) is 5.87. The van der Waals surface area contributed by atoms with Crippen molar-refractivity contribution in [2.75, 3.05) is 19.6 Å². The lowest BCUT2D eigenvalue weighted by Gasteiger charge is -2.18. The van der Waals surface area contributed by atoms with Crippen LogP contribution in [-0.2, 0) is 9.59 Å². The highest BCUT2D eigenvalue weighted by molar-refractivity contribution is 5.79. The van der Waals surface area contributed by atoms with Crippen LogP contribution in [0.3, 0.4) is 0 Å². The van der Waals surface area contributed by atoms with Gasteiger partial charge >= 0.3 is 0 Å². The van der Waals surface area contributed by atoms with Gasteiger partial charge in [-0.05, 0) is 18.5 Å².